The van der Waals surface area contributed by atoms with E-state index >= 15 is 0 Å². The number of fused-ring (bicyclic) bond motifs is 3. The molecule has 0 N–H and O–H groups in total. The minimum Gasteiger partial charge on any atom is -0.314 e. The first kappa shape index (κ1) is 11.7. The summed E-state index contributed by atoms with van der Waals surface area (Å²) >= 11 is 1.89. The van der Waals surface area contributed by atoms with Crippen LogP contribution >= 0.6 is 11.3 Å². The van der Waals surface area contributed by atoms with Gasteiger partial charge in [-0.2, -0.15) is 0 Å². The number of nitrogens with zero attached hydrogens (tertiary/aromatic N) is 1. The van der Waals surface area contributed by atoms with Crippen molar-refractivity contribution in [1.29, 1.82) is 0 Å². The molecule has 4 aromatic rings. The van der Waals surface area contributed by atoms with Crippen molar-refractivity contribution < 1.29 is 0 Å². The summed E-state index contributed by atoms with van der Waals surface area (Å²) in [6.45, 7) is 4.36. The fourth-order valence-corrected chi connectivity index (χ4v) is 3.99. The lowest BCUT2D eigenvalue weighted by Gasteiger charge is -2.08. The second kappa shape index (κ2) is 4.22. The Morgan fingerprint density at radius 1 is 0.900 bits per heavy atom. The van der Waals surface area contributed by atoms with Gasteiger partial charge in [-0.05, 0) is 49.6 Å². The zero-order chi connectivity index (χ0) is 13.7. The molecule has 0 amide bonds. The summed E-state index contributed by atoms with van der Waals surface area (Å²) in [5.41, 5.74) is 3.81. The Labute approximate surface area is 122 Å². The summed E-state index contributed by atoms with van der Waals surface area (Å²) in [4.78, 5) is 1.37. The van der Waals surface area contributed by atoms with Crippen LogP contribution in [0.5, 0.6) is 0 Å². The number of para-hydroxylation sites is 1. The van der Waals surface area contributed by atoms with E-state index in [0.29, 0.717) is 0 Å². The van der Waals surface area contributed by atoms with Crippen molar-refractivity contribution in [1.82, 2.24) is 4.57 Å². The van der Waals surface area contributed by atoms with Crippen molar-refractivity contribution in [2.24, 2.45) is 0 Å². The van der Waals surface area contributed by atoms with Crippen LogP contribution in [0.3, 0.4) is 0 Å². The van der Waals surface area contributed by atoms with E-state index in [1.54, 1.807) is 0 Å². The number of aromatic nitrogens is 1. The predicted octanol–water partition coefficient (Wildman–Crippen LogP) is 5.46. The van der Waals surface area contributed by atoms with Gasteiger partial charge in [-0.1, -0.05) is 24.3 Å². The van der Waals surface area contributed by atoms with Gasteiger partial charge in [-0.25, -0.2) is 0 Å². The first-order valence-electron chi connectivity index (χ1n) is 6.81. The predicted molar refractivity (Wildman–Crippen MR) is 88.1 cm³/mol. The molecule has 0 radical (unpaired) electrons. The molecule has 2 aromatic carbocycles. The van der Waals surface area contributed by atoms with E-state index in [1.165, 1.54) is 37.2 Å². The molecule has 2 heteroatoms. The van der Waals surface area contributed by atoms with Crippen molar-refractivity contribution in [2.45, 2.75) is 13.8 Å². The molecule has 20 heavy (non-hydrogen) atoms. The summed E-state index contributed by atoms with van der Waals surface area (Å²) in [5, 5.41) is 2.71. The van der Waals surface area contributed by atoms with Gasteiger partial charge in [0.25, 0.3) is 0 Å². The van der Waals surface area contributed by atoms with Crippen LogP contribution in [-0.4, -0.2) is 4.57 Å². The topological polar surface area (TPSA) is 4.93 Å². The number of hydrogen-bond acceptors (Lipinski definition) is 1. The van der Waals surface area contributed by atoms with Crippen molar-refractivity contribution >= 4 is 32.3 Å². The highest BCUT2D eigenvalue weighted by Gasteiger charge is 2.11. The van der Waals surface area contributed by atoms with Gasteiger partial charge in [0.15, 0.2) is 0 Å². The molecule has 0 unspecified atom stereocenters. The van der Waals surface area contributed by atoms with E-state index in [9.17, 15) is 0 Å². The molecule has 2 heterocycles. The second-order valence-electron chi connectivity index (χ2n) is 5.23. The molecule has 0 aliphatic carbocycles. The van der Waals surface area contributed by atoms with Crippen LogP contribution in [0.15, 0.2) is 54.6 Å². The van der Waals surface area contributed by atoms with Crippen LogP contribution in [0, 0.1) is 13.8 Å². The SMILES string of the molecule is Cc1cc2ccc3c(cc(C)n3-c3ccccc3)c2s1. The standard InChI is InChI=1S/C18H15NS/c1-12-10-16-17(19(12)15-6-4-3-5-7-15)9-8-14-11-13(2)20-18(14)16/h3-11H,1-2H3. The zero-order valence-corrected chi connectivity index (χ0v) is 12.4. The smallest absolute Gasteiger partial charge is 0.0545 e. The Bertz CT molecular complexity index is 913. The molecule has 0 aliphatic heterocycles. The van der Waals surface area contributed by atoms with Gasteiger partial charge in [0.1, 0.15) is 0 Å². The van der Waals surface area contributed by atoms with Crippen molar-refractivity contribution in [3.8, 4) is 5.69 Å². The monoisotopic (exact) mass is 277 g/mol. The lowest BCUT2D eigenvalue weighted by molar-refractivity contribution is 1.05. The first-order valence-corrected chi connectivity index (χ1v) is 7.62. The van der Waals surface area contributed by atoms with Gasteiger partial charge in [-0.3, -0.25) is 0 Å². The highest BCUT2D eigenvalue weighted by atomic mass is 32.1. The van der Waals surface area contributed by atoms with Crippen LogP contribution in [-0.2, 0) is 0 Å². The van der Waals surface area contributed by atoms with E-state index in [4.69, 9.17) is 0 Å². The van der Waals surface area contributed by atoms with Gasteiger partial charge in [-0.15, -0.1) is 11.3 Å². The fraction of sp³-hybridized carbons (Fsp3) is 0.111. The highest BCUT2D eigenvalue weighted by molar-refractivity contribution is 7.20. The number of thiophene rings is 1. The normalized spacial score (nSPS) is 11.5. The molecule has 0 atom stereocenters. The molecule has 0 saturated heterocycles. The van der Waals surface area contributed by atoms with Crippen LogP contribution in [0.1, 0.15) is 10.6 Å². The number of hydrogen-bond donors (Lipinski definition) is 0. The highest BCUT2D eigenvalue weighted by Crippen LogP contribution is 2.35. The van der Waals surface area contributed by atoms with E-state index < -0.39 is 0 Å². The zero-order valence-electron chi connectivity index (χ0n) is 11.6. The molecule has 0 saturated carbocycles. The largest absolute Gasteiger partial charge is 0.314 e. The average molecular weight is 277 g/mol. The van der Waals surface area contributed by atoms with Crippen LogP contribution in [0.4, 0.5) is 0 Å². The third-order valence-electron chi connectivity index (χ3n) is 3.79. The van der Waals surface area contributed by atoms with E-state index in [2.05, 4.69) is 73.0 Å². The molecule has 4 rings (SSSR count). The summed E-state index contributed by atoms with van der Waals surface area (Å²) < 4.78 is 3.74. The summed E-state index contributed by atoms with van der Waals surface area (Å²) in [6, 6.07) is 19.6. The molecule has 98 valence electrons. The average Bonchev–Trinajstić information content (AvgIpc) is 2.98. The van der Waals surface area contributed by atoms with Gasteiger partial charge >= 0.3 is 0 Å². The number of rotatable bonds is 1. The Balaban J connectivity index is 2.12. The minimum atomic E-state index is 1.23. The van der Waals surface area contributed by atoms with Gasteiger partial charge in [0.2, 0.25) is 0 Å². The molecule has 2 aromatic heterocycles. The third kappa shape index (κ3) is 1.61. The maximum atomic E-state index is 2.34. The third-order valence-corrected chi connectivity index (χ3v) is 4.89. The number of benzene rings is 2. The maximum Gasteiger partial charge on any atom is 0.0545 e. The van der Waals surface area contributed by atoms with Gasteiger partial charge in [0, 0.05) is 26.3 Å². The lowest BCUT2D eigenvalue weighted by Crippen LogP contribution is -1.95. The Morgan fingerprint density at radius 3 is 2.50 bits per heavy atom. The van der Waals surface area contributed by atoms with E-state index in [0.717, 1.165) is 0 Å². The Kier molecular flexibility index (Phi) is 2.48. The molecule has 0 spiro atoms. The fourth-order valence-electron chi connectivity index (χ4n) is 2.96. The van der Waals surface area contributed by atoms with Crippen LogP contribution in [0.25, 0.3) is 26.7 Å². The van der Waals surface area contributed by atoms with Gasteiger partial charge in [0.05, 0.1) is 5.52 Å². The molecular weight excluding hydrogens is 262 g/mol. The Morgan fingerprint density at radius 2 is 1.70 bits per heavy atom. The molecular formula is C18H15NS. The van der Waals surface area contributed by atoms with Crippen molar-refractivity contribution in [2.75, 3.05) is 0 Å². The van der Waals surface area contributed by atoms with E-state index in [1.807, 2.05) is 11.3 Å². The van der Waals surface area contributed by atoms with Gasteiger partial charge < -0.3 is 4.57 Å². The molecule has 0 bridgehead atoms. The minimum absolute atomic E-state index is 1.23. The van der Waals surface area contributed by atoms with Crippen LogP contribution < -0.4 is 0 Å². The lowest BCUT2D eigenvalue weighted by atomic mass is 10.2. The molecule has 0 aliphatic rings. The van der Waals surface area contributed by atoms with E-state index in [-0.39, 0.29) is 0 Å². The Hall–Kier alpha value is -2.06. The second-order valence-corrected chi connectivity index (χ2v) is 6.49. The van der Waals surface area contributed by atoms with Crippen molar-refractivity contribution in [3.05, 3.63) is 65.2 Å². The maximum absolute atomic E-state index is 2.34. The van der Waals surface area contributed by atoms with Crippen LogP contribution in [0.2, 0.25) is 0 Å². The molecule has 0 fully saturated rings. The summed E-state index contributed by atoms with van der Waals surface area (Å²) in [6.07, 6.45) is 0. The van der Waals surface area contributed by atoms with Crippen molar-refractivity contribution in [3.63, 3.8) is 0 Å². The number of aryl methyl sites for hydroxylation is 2. The quantitative estimate of drug-likeness (QED) is 0.435. The first-order chi connectivity index (χ1) is 9.74. The summed E-state index contributed by atoms with van der Waals surface area (Å²) in [5.74, 6) is 0. The summed E-state index contributed by atoms with van der Waals surface area (Å²) in [7, 11) is 0. The molecule has 1 nitrogen and oxygen atoms in total.